The van der Waals surface area contributed by atoms with Gasteiger partial charge in [-0.2, -0.15) is 5.26 Å². The molecule has 1 aliphatic rings. The molecule has 1 heterocycles. The van der Waals surface area contributed by atoms with Crippen LogP contribution in [-0.4, -0.2) is 23.9 Å². The van der Waals surface area contributed by atoms with Crippen LogP contribution in [0.25, 0.3) is 5.76 Å². The van der Waals surface area contributed by atoms with E-state index in [1.54, 1.807) is 30.3 Å². The molecule has 7 heteroatoms. The Kier molecular flexibility index (Phi) is 5.44. The van der Waals surface area contributed by atoms with Gasteiger partial charge < -0.3 is 9.84 Å². The highest BCUT2D eigenvalue weighted by atomic mass is 19.1. The van der Waals surface area contributed by atoms with Crippen LogP contribution in [0, 0.1) is 17.1 Å². The zero-order chi connectivity index (χ0) is 22.8. The fourth-order valence-corrected chi connectivity index (χ4v) is 3.69. The van der Waals surface area contributed by atoms with Crippen LogP contribution in [0.4, 0.5) is 10.1 Å². The van der Waals surface area contributed by atoms with E-state index >= 15 is 0 Å². The summed E-state index contributed by atoms with van der Waals surface area (Å²) in [5.41, 5.74) is 0.782. The Balaban J connectivity index is 1.93. The van der Waals surface area contributed by atoms with E-state index in [0.29, 0.717) is 17.0 Å². The topological polar surface area (TPSA) is 90.6 Å². The zero-order valence-electron chi connectivity index (χ0n) is 16.9. The largest absolute Gasteiger partial charge is 0.507 e. The third-order valence-electron chi connectivity index (χ3n) is 5.28. The second-order valence-electron chi connectivity index (χ2n) is 7.08. The number of ketones is 1. The molecule has 1 N–H and O–H groups in total. The number of ether oxygens (including phenoxy) is 1. The first-order valence-electron chi connectivity index (χ1n) is 9.66. The fourth-order valence-electron chi connectivity index (χ4n) is 3.69. The SMILES string of the molecule is COc1ccc(/C(O)=C2/C(=O)C(=O)N(c3ccc(C#N)cc3)C2c2ccccc2F)cc1. The average Bonchev–Trinajstić information content (AvgIpc) is 3.09. The van der Waals surface area contributed by atoms with E-state index in [-0.39, 0.29) is 16.7 Å². The van der Waals surface area contributed by atoms with E-state index in [4.69, 9.17) is 10.00 Å². The van der Waals surface area contributed by atoms with Gasteiger partial charge in [-0.15, -0.1) is 0 Å². The molecule has 3 aromatic rings. The summed E-state index contributed by atoms with van der Waals surface area (Å²) in [7, 11) is 1.50. The van der Waals surface area contributed by atoms with Gasteiger partial charge in [0, 0.05) is 16.8 Å². The van der Waals surface area contributed by atoms with Crippen LogP contribution in [0.2, 0.25) is 0 Å². The highest BCUT2D eigenvalue weighted by Gasteiger charge is 2.47. The Hall–Kier alpha value is -4.44. The number of halogens is 1. The summed E-state index contributed by atoms with van der Waals surface area (Å²) in [5.74, 6) is -2.34. The third kappa shape index (κ3) is 3.48. The van der Waals surface area contributed by atoms with Crippen LogP contribution in [-0.2, 0) is 9.59 Å². The van der Waals surface area contributed by atoms with Gasteiger partial charge in [0.1, 0.15) is 17.3 Å². The van der Waals surface area contributed by atoms with Crippen molar-refractivity contribution in [3.8, 4) is 11.8 Å². The number of nitriles is 1. The number of aliphatic hydroxyl groups is 1. The predicted octanol–water partition coefficient (Wildman–Crippen LogP) is 4.33. The molecule has 0 spiro atoms. The van der Waals surface area contributed by atoms with E-state index in [9.17, 15) is 19.1 Å². The minimum Gasteiger partial charge on any atom is -0.507 e. The highest BCUT2D eigenvalue weighted by molar-refractivity contribution is 6.51. The molecule has 1 atom stereocenters. The second kappa shape index (κ2) is 8.36. The van der Waals surface area contributed by atoms with Crippen LogP contribution in [0.3, 0.4) is 0 Å². The number of amides is 1. The van der Waals surface area contributed by atoms with Crippen molar-refractivity contribution in [2.75, 3.05) is 12.0 Å². The minimum absolute atomic E-state index is 0.0612. The highest BCUT2D eigenvalue weighted by Crippen LogP contribution is 2.43. The summed E-state index contributed by atoms with van der Waals surface area (Å²) in [6, 6.07) is 18.9. The molecule has 0 saturated carbocycles. The van der Waals surface area contributed by atoms with Gasteiger partial charge in [0.2, 0.25) is 0 Å². The monoisotopic (exact) mass is 428 g/mol. The number of carbonyl (C=O) groups excluding carboxylic acids is 2. The molecule has 0 bridgehead atoms. The molecule has 0 radical (unpaired) electrons. The molecule has 32 heavy (non-hydrogen) atoms. The van der Waals surface area contributed by atoms with Crippen LogP contribution in [0.1, 0.15) is 22.7 Å². The Morgan fingerprint density at radius 3 is 2.28 bits per heavy atom. The summed E-state index contributed by atoms with van der Waals surface area (Å²) in [6.45, 7) is 0. The lowest BCUT2D eigenvalue weighted by Crippen LogP contribution is -2.29. The van der Waals surface area contributed by atoms with E-state index < -0.39 is 29.3 Å². The minimum atomic E-state index is -1.19. The number of benzene rings is 3. The van der Waals surface area contributed by atoms with Crippen molar-refractivity contribution in [2.24, 2.45) is 0 Å². The molecule has 1 aliphatic heterocycles. The maximum absolute atomic E-state index is 14.8. The molecule has 1 unspecified atom stereocenters. The van der Waals surface area contributed by atoms with Crippen molar-refractivity contribution in [1.82, 2.24) is 0 Å². The molecule has 6 nitrogen and oxygen atoms in total. The van der Waals surface area contributed by atoms with Gasteiger partial charge in [-0.3, -0.25) is 14.5 Å². The number of hydrogen-bond donors (Lipinski definition) is 1. The van der Waals surface area contributed by atoms with Crippen LogP contribution < -0.4 is 9.64 Å². The van der Waals surface area contributed by atoms with Gasteiger partial charge in [0.05, 0.1) is 30.4 Å². The number of anilines is 1. The molecular weight excluding hydrogens is 411 g/mol. The van der Waals surface area contributed by atoms with E-state index in [1.807, 2.05) is 6.07 Å². The Morgan fingerprint density at radius 2 is 1.69 bits per heavy atom. The van der Waals surface area contributed by atoms with E-state index in [0.717, 1.165) is 4.90 Å². The van der Waals surface area contributed by atoms with Crippen molar-refractivity contribution >= 4 is 23.1 Å². The maximum atomic E-state index is 14.8. The average molecular weight is 428 g/mol. The molecular formula is C25H17FN2O4. The predicted molar refractivity (Wildman–Crippen MR) is 115 cm³/mol. The normalized spacial score (nSPS) is 17.3. The number of nitrogens with zero attached hydrogens (tertiary/aromatic N) is 2. The van der Waals surface area contributed by atoms with Gasteiger partial charge in [-0.1, -0.05) is 18.2 Å². The van der Waals surface area contributed by atoms with Gasteiger partial charge in [-0.05, 0) is 54.6 Å². The van der Waals surface area contributed by atoms with Crippen molar-refractivity contribution in [1.29, 1.82) is 5.26 Å². The molecule has 0 aromatic heterocycles. The lowest BCUT2D eigenvalue weighted by Gasteiger charge is -2.25. The maximum Gasteiger partial charge on any atom is 0.300 e. The molecule has 3 aromatic carbocycles. The van der Waals surface area contributed by atoms with Gasteiger partial charge in [0.15, 0.2) is 0 Å². The molecule has 1 saturated heterocycles. The fraction of sp³-hybridized carbons (Fsp3) is 0.0800. The first kappa shape index (κ1) is 20.8. The van der Waals surface area contributed by atoms with Gasteiger partial charge in [-0.25, -0.2) is 4.39 Å². The second-order valence-corrected chi connectivity index (χ2v) is 7.08. The number of aliphatic hydroxyl groups excluding tert-OH is 1. The summed E-state index contributed by atoms with van der Waals surface area (Å²) < 4.78 is 19.9. The molecule has 158 valence electrons. The molecule has 1 amide bonds. The number of Topliss-reactive ketones (excluding diaryl/α,β-unsaturated/α-hetero) is 1. The zero-order valence-corrected chi connectivity index (χ0v) is 16.9. The lowest BCUT2D eigenvalue weighted by atomic mass is 9.94. The van der Waals surface area contributed by atoms with Crippen molar-refractivity contribution in [3.63, 3.8) is 0 Å². The standard InChI is InChI=1S/C25H17FN2O4/c1-32-18-12-8-16(9-13-18)23(29)21-22(19-4-2-3-5-20(19)26)28(25(31)24(21)30)17-10-6-15(14-27)7-11-17/h2-13,22,29H,1H3/b23-21-. The number of methoxy groups -OCH3 is 1. The van der Waals surface area contributed by atoms with Crippen LogP contribution in [0.5, 0.6) is 5.75 Å². The summed E-state index contributed by atoms with van der Waals surface area (Å²) in [5, 5.41) is 20.1. The van der Waals surface area contributed by atoms with Crippen LogP contribution in [0.15, 0.2) is 78.4 Å². The number of carbonyl (C=O) groups is 2. The summed E-state index contributed by atoms with van der Waals surface area (Å²) in [6.07, 6.45) is 0. The molecule has 1 fully saturated rings. The molecule has 4 rings (SSSR count). The quantitative estimate of drug-likeness (QED) is 0.379. The van der Waals surface area contributed by atoms with Gasteiger partial charge >= 0.3 is 0 Å². The third-order valence-corrected chi connectivity index (χ3v) is 5.28. The number of hydrogen-bond acceptors (Lipinski definition) is 5. The summed E-state index contributed by atoms with van der Waals surface area (Å²) in [4.78, 5) is 27.2. The Labute approximate surface area is 183 Å². The van der Waals surface area contributed by atoms with Crippen LogP contribution >= 0.6 is 0 Å². The molecule has 0 aliphatic carbocycles. The van der Waals surface area contributed by atoms with Crippen molar-refractivity contribution < 1.29 is 23.8 Å². The first-order valence-corrected chi connectivity index (χ1v) is 9.66. The first-order chi connectivity index (χ1) is 15.5. The van der Waals surface area contributed by atoms with E-state index in [2.05, 4.69) is 0 Å². The Bertz CT molecular complexity index is 1270. The van der Waals surface area contributed by atoms with Crippen molar-refractivity contribution in [2.45, 2.75) is 6.04 Å². The summed E-state index contributed by atoms with van der Waals surface area (Å²) >= 11 is 0. The van der Waals surface area contributed by atoms with Gasteiger partial charge in [0.25, 0.3) is 11.7 Å². The Morgan fingerprint density at radius 1 is 1.03 bits per heavy atom. The van der Waals surface area contributed by atoms with E-state index in [1.165, 1.54) is 49.6 Å². The van der Waals surface area contributed by atoms with Crippen molar-refractivity contribution in [3.05, 3.63) is 101 Å². The lowest BCUT2D eigenvalue weighted by molar-refractivity contribution is -0.132. The number of rotatable bonds is 4. The smallest absolute Gasteiger partial charge is 0.300 e.